The van der Waals surface area contributed by atoms with Crippen LogP contribution in [0, 0.1) is 0 Å². The van der Waals surface area contributed by atoms with Crippen molar-refractivity contribution < 1.29 is 9.59 Å². The highest BCUT2D eigenvalue weighted by Crippen LogP contribution is 2.13. The van der Waals surface area contributed by atoms with E-state index in [-0.39, 0.29) is 11.8 Å². The van der Waals surface area contributed by atoms with Crippen molar-refractivity contribution in [1.82, 2.24) is 9.80 Å². The fourth-order valence-corrected chi connectivity index (χ4v) is 3.30. The summed E-state index contributed by atoms with van der Waals surface area (Å²) in [6, 6.07) is 15.8. The molecule has 0 aromatic heterocycles. The third kappa shape index (κ3) is 5.44. The molecule has 2 rings (SSSR count). The predicted molar refractivity (Wildman–Crippen MR) is 115 cm³/mol. The summed E-state index contributed by atoms with van der Waals surface area (Å²) in [7, 11) is 0. The van der Waals surface area contributed by atoms with Gasteiger partial charge in [0.25, 0.3) is 11.8 Å². The number of rotatable bonds is 9. The smallest absolute Gasteiger partial charge is 0.253 e. The van der Waals surface area contributed by atoms with Gasteiger partial charge in [-0.1, -0.05) is 24.3 Å². The van der Waals surface area contributed by atoms with Crippen LogP contribution in [0.4, 0.5) is 0 Å². The largest absolute Gasteiger partial charge is 0.339 e. The molecule has 0 saturated heterocycles. The second-order valence-corrected chi connectivity index (χ2v) is 6.85. The first-order valence-electron chi connectivity index (χ1n) is 10.3. The normalized spacial score (nSPS) is 10.6. The van der Waals surface area contributed by atoms with Crippen molar-refractivity contribution >= 4 is 11.8 Å². The van der Waals surface area contributed by atoms with Gasteiger partial charge in [0.2, 0.25) is 0 Å². The molecule has 0 aliphatic heterocycles. The van der Waals surface area contributed by atoms with Crippen LogP contribution in [0.25, 0.3) is 0 Å². The molecule has 0 fully saturated rings. The van der Waals surface area contributed by atoms with Gasteiger partial charge in [0, 0.05) is 37.3 Å². The van der Waals surface area contributed by atoms with Crippen LogP contribution in [0.3, 0.4) is 0 Å². The molecule has 0 aliphatic rings. The number of hydrogen-bond acceptors (Lipinski definition) is 2. The molecule has 0 atom stereocenters. The van der Waals surface area contributed by atoms with E-state index in [0.29, 0.717) is 0 Å². The Morgan fingerprint density at radius 2 is 0.857 bits per heavy atom. The summed E-state index contributed by atoms with van der Waals surface area (Å²) in [5.41, 5.74) is 3.90. The molecule has 150 valence electrons. The van der Waals surface area contributed by atoms with Gasteiger partial charge in [-0.2, -0.15) is 0 Å². The van der Waals surface area contributed by atoms with Crippen LogP contribution >= 0.6 is 0 Å². The number of aryl methyl sites for hydroxylation is 2. The lowest BCUT2D eigenvalue weighted by atomic mass is 10.0. The van der Waals surface area contributed by atoms with E-state index in [1.165, 1.54) is 11.1 Å². The van der Waals surface area contributed by atoms with Gasteiger partial charge in [0.05, 0.1) is 0 Å². The van der Waals surface area contributed by atoms with Crippen molar-refractivity contribution in [3.63, 3.8) is 0 Å². The van der Waals surface area contributed by atoms with Crippen molar-refractivity contribution in [2.45, 2.75) is 40.5 Å². The van der Waals surface area contributed by atoms with Crippen LogP contribution in [0.5, 0.6) is 0 Å². The maximum absolute atomic E-state index is 12.4. The lowest BCUT2D eigenvalue weighted by molar-refractivity contribution is 0.0765. The minimum absolute atomic E-state index is 0.0880. The van der Waals surface area contributed by atoms with E-state index in [9.17, 15) is 9.59 Å². The number of carbonyl (C=O) groups excluding carboxylic acids is 2. The summed E-state index contributed by atoms with van der Waals surface area (Å²) in [6.07, 6.45) is 1.81. The molecule has 0 unspecified atom stereocenters. The Kier molecular flexibility index (Phi) is 8.24. The van der Waals surface area contributed by atoms with Crippen LogP contribution in [-0.4, -0.2) is 47.8 Å². The van der Waals surface area contributed by atoms with E-state index in [0.717, 1.165) is 50.1 Å². The van der Waals surface area contributed by atoms with Gasteiger partial charge in [0.1, 0.15) is 0 Å². The molecule has 0 saturated carbocycles. The van der Waals surface area contributed by atoms with Crippen molar-refractivity contribution in [3.05, 3.63) is 70.8 Å². The fourth-order valence-electron chi connectivity index (χ4n) is 3.30. The summed E-state index contributed by atoms with van der Waals surface area (Å²) >= 11 is 0. The summed E-state index contributed by atoms with van der Waals surface area (Å²) in [6.45, 7) is 10.9. The monoisotopic (exact) mass is 380 g/mol. The quantitative estimate of drug-likeness (QED) is 0.645. The average Bonchev–Trinajstić information content (AvgIpc) is 2.74. The number of benzene rings is 2. The molecule has 0 bridgehead atoms. The van der Waals surface area contributed by atoms with Crippen LogP contribution in [0.15, 0.2) is 48.5 Å². The molecule has 2 amide bonds. The molecule has 2 aromatic carbocycles. The lowest BCUT2D eigenvalue weighted by Gasteiger charge is -2.19. The summed E-state index contributed by atoms with van der Waals surface area (Å²) in [5, 5.41) is 0. The second kappa shape index (κ2) is 10.6. The maximum atomic E-state index is 12.4. The number of hydrogen-bond donors (Lipinski definition) is 0. The molecule has 0 heterocycles. The van der Waals surface area contributed by atoms with Crippen LogP contribution < -0.4 is 0 Å². The predicted octanol–water partition coefficient (Wildman–Crippen LogP) is 4.44. The number of amides is 2. The lowest BCUT2D eigenvalue weighted by Crippen LogP contribution is -2.30. The third-order valence-corrected chi connectivity index (χ3v) is 5.21. The van der Waals surface area contributed by atoms with E-state index in [2.05, 4.69) is 0 Å². The van der Waals surface area contributed by atoms with Crippen molar-refractivity contribution in [2.24, 2.45) is 0 Å². The van der Waals surface area contributed by atoms with Gasteiger partial charge in [-0.15, -0.1) is 0 Å². The van der Waals surface area contributed by atoms with Crippen molar-refractivity contribution in [2.75, 3.05) is 26.2 Å². The van der Waals surface area contributed by atoms with E-state index < -0.39 is 0 Å². The zero-order chi connectivity index (χ0) is 20.5. The summed E-state index contributed by atoms with van der Waals surface area (Å²) in [4.78, 5) is 28.4. The van der Waals surface area contributed by atoms with Crippen LogP contribution in [0.2, 0.25) is 0 Å². The minimum atomic E-state index is 0.0880. The molecular weight excluding hydrogens is 348 g/mol. The highest BCUT2D eigenvalue weighted by atomic mass is 16.2. The first kappa shape index (κ1) is 21.7. The first-order chi connectivity index (χ1) is 13.5. The van der Waals surface area contributed by atoms with Gasteiger partial charge in [0.15, 0.2) is 0 Å². The van der Waals surface area contributed by atoms with Gasteiger partial charge in [-0.05, 0) is 75.9 Å². The topological polar surface area (TPSA) is 40.6 Å². The third-order valence-electron chi connectivity index (χ3n) is 5.21. The highest BCUT2D eigenvalue weighted by Gasteiger charge is 2.13. The highest BCUT2D eigenvalue weighted by molar-refractivity contribution is 5.94. The Morgan fingerprint density at radius 1 is 0.571 bits per heavy atom. The van der Waals surface area contributed by atoms with Gasteiger partial charge in [-0.3, -0.25) is 9.59 Å². The van der Waals surface area contributed by atoms with Crippen LogP contribution in [-0.2, 0) is 12.8 Å². The van der Waals surface area contributed by atoms with Crippen molar-refractivity contribution in [3.8, 4) is 0 Å². The standard InChI is InChI=1S/C24H32N2O2/c1-5-25(6-2)23(27)21-15-11-19(12-16-21)9-10-20-13-17-22(18-14-20)24(28)26(7-3)8-4/h11-18H,5-10H2,1-4H3. The van der Waals surface area contributed by atoms with E-state index in [1.807, 2.05) is 86.0 Å². The van der Waals surface area contributed by atoms with Gasteiger partial charge in [-0.25, -0.2) is 0 Å². The molecule has 0 spiro atoms. The number of carbonyl (C=O) groups is 2. The zero-order valence-corrected chi connectivity index (χ0v) is 17.6. The summed E-state index contributed by atoms with van der Waals surface area (Å²) in [5.74, 6) is 0.176. The van der Waals surface area contributed by atoms with E-state index in [1.54, 1.807) is 0 Å². The SMILES string of the molecule is CCN(CC)C(=O)c1ccc(CCc2ccc(C(=O)N(CC)CC)cc2)cc1. The molecule has 2 aromatic rings. The van der Waals surface area contributed by atoms with Gasteiger partial charge >= 0.3 is 0 Å². The summed E-state index contributed by atoms with van der Waals surface area (Å²) < 4.78 is 0. The Labute approximate surface area is 169 Å². The molecule has 28 heavy (non-hydrogen) atoms. The number of nitrogens with zero attached hydrogens (tertiary/aromatic N) is 2. The van der Waals surface area contributed by atoms with Gasteiger partial charge < -0.3 is 9.80 Å². The van der Waals surface area contributed by atoms with E-state index in [4.69, 9.17) is 0 Å². The zero-order valence-electron chi connectivity index (χ0n) is 17.6. The van der Waals surface area contributed by atoms with Crippen LogP contribution in [0.1, 0.15) is 59.5 Å². The Balaban J connectivity index is 1.95. The average molecular weight is 381 g/mol. The molecule has 4 heteroatoms. The molecular formula is C24H32N2O2. The van der Waals surface area contributed by atoms with E-state index >= 15 is 0 Å². The Morgan fingerprint density at radius 3 is 1.11 bits per heavy atom. The maximum Gasteiger partial charge on any atom is 0.253 e. The fraction of sp³-hybridized carbons (Fsp3) is 0.417. The second-order valence-electron chi connectivity index (χ2n) is 6.85. The molecule has 0 aliphatic carbocycles. The minimum Gasteiger partial charge on any atom is -0.339 e. The first-order valence-corrected chi connectivity index (χ1v) is 10.3. The van der Waals surface area contributed by atoms with Crippen molar-refractivity contribution in [1.29, 1.82) is 0 Å². The molecule has 0 N–H and O–H groups in total. The Hall–Kier alpha value is -2.62. The molecule has 0 radical (unpaired) electrons. The molecule has 4 nitrogen and oxygen atoms in total. The Bertz CT molecular complexity index is 691.